The molecule has 0 aromatic heterocycles. The maximum Gasteiger partial charge on any atom is 0.407 e. The van der Waals surface area contributed by atoms with Crippen LogP contribution < -0.4 is 5.32 Å². The van der Waals surface area contributed by atoms with Crippen molar-refractivity contribution in [3.8, 4) is 11.1 Å². The summed E-state index contributed by atoms with van der Waals surface area (Å²) in [5, 5.41) is 2.59. The highest BCUT2D eigenvalue weighted by atomic mass is 19.1. The molecule has 6 heteroatoms. The highest BCUT2D eigenvalue weighted by Crippen LogP contribution is 2.44. The van der Waals surface area contributed by atoms with Crippen LogP contribution in [0.1, 0.15) is 29.6 Å². The highest BCUT2D eigenvalue weighted by Gasteiger charge is 2.30. The maximum atomic E-state index is 13.5. The zero-order valence-electron chi connectivity index (χ0n) is 17.9. The lowest BCUT2D eigenvalue weighted by Gasteiger charge is -2.19. The Morgan fingerprint density at radius 3 is 2.25 bits per heavy atom. The molecule has 0 unspecified atom stereocenters. The van der Waals surface area contributed by atoms with Gasteiger partial charge in [-0.05, 0) is 46.4 Å². The number of alkyl carbamates (subject to hydrolysis) is 1. The van der Waals surface area contributed by atoms with Crippen LogP contribution in [0.3, 0.4) is 0 Å². The summed E-state index contributed by atoms with van der Waals surface area (Å²) in [6, 6.07) is 19.7. The van der Waals surface area contributed by atoms with E-state index in [0.717, 1.165) is 22.3 Å². The van der Waals surface area contributed by atoms with Crippen molar-refractivity contribution < 1.29 is 24.9 Å². The predicted octanol–water partition coefficient (Wildman–Crippen LogP) is 5.00. The van der Waals surface area contributed by atoms with Crippen LogP contribution in [-0.2, 0) is 20.7 Å². The van der Waals surface area contributed by atoms with E-state index < -0.39 is 18.1 Å². The van der Waals surface area contributed by atoms with Gasteiger partial charge in [0.15, 0.2) is 0 Å². The summed E-state index contributed by atoms with van der Waals surface area (Å²) < 4.78 is 23.9. The van der Waals surface area contributed by atoms with Gasteiger partial charge in [0.25, 0.3) is 0 Å². The third-order valence-electron chi connectivity index (χ3n) is 5.78. The number of carbonyl (C=O) groups excluding carboxylic acids is 2. The summed E-state index contributed by atoms with van der Waals surface area (Å²) in [6.07, 6.45) is -0.543. The number of rotatable bonds is 6. The number of ether oxygens (including phenoxy) is 2. The first-order valence-electron chi connectivity index (χ1n) is 10.4. The molecule has 5 nitrogen and oxygen atoms in total. The second-order valence-corrected chi connectivity index (χ2v) is 7.83. The molecular formula is C26H26FNO4. The molecule has 0 spiro atoms. The SMILES string of the molecule is COC(=O)[C@H](Cc1ccc(F)c(C)c1)NC(=O)OCC1c2ccccc2-c2ccccc21.[HH]. The molecule has 1 aliphatic rings. The summed E-state index contributed by atoms with van der Waals surface area (Å²) >= 11 is 0. The van der Waals surface area contributed by atoms with Crippen LogP contribution in [-0.4, -0.2) is 31.8 Å². The summed E-state index contributed by atoms with van der Waals surface area (Å²) in [5.41, 5.74) is 5.65. The number of hydrogen-bond donors (Lipinski definition) is 1. The van der Waals surface area contributed by atoms with Gasteiger partial charge in [0.1, 0.15) is 18.5 Å². The molecule has 0 radical (unpaired) electrons. The molecule has 0 bridgehead atoms. The summed E-state index contributed by atoms with van der Waals surface area (Å²) in [7, 11) is 1.25. The van der Waals surface area contributed by atoms with Gasteiger partial charge in [-0.15, -0.1) is 0 Å². The molecule has 0 heterocycles. The van der Waals surface area contributed by atoms with Crippen molar-refractivity contribution >= 4 is 12.1 Å². The van der Waals surface area contributed by atoms with Crippen LogP contribution in [0.4, 0.5) is 9.18 Å². The number of benzene rings is 3. The standard InChI is InChI=1S/C26H24FNO4.H2/c1-16-13-17(11-12-23(16)27)14-24(25(29)31-2)28-26(30)32-15-22-20-9-5-3-7-18(20)19-8-4-6-10-21(19)22;/h3-13,22,24H,14-15H2,1-2H3,(H,28,30);1H/t24-;/m0./s1. The van der Waals surface area contributed by atoms with Gasteiger partial charge < -0.3 is 14.8 Å². The molecular weight excluding hydrogens is 409 g/mol. The first kappa shape index (κ1) is 21.6. The smallest absolute Gasteiger partial charge is 0.407 e. The minimum absolute atomic E-state index is 0. The number of halogens is 1. The van der Waals surface area contributed by atoms with Crippen molar-refractivity contribution in [3.63, 3.8) is 0 Å². The molecule has 0 aliphatic heterocycles. The topological polar surface area (TPSA) is 64.6 Å². The Labute approximate surface area is 187 Å². The van der Waals surface area contributed by atoms with Gasteiger partial charge in [-0.3, -0.25) is 0 Å². The number of esters is 1. The molecule has 1 N–H and O–H groups in total. The van der Waals surface area contributed by atoms with Crippen LogP contribution in [0.5, 0.6) is 0 Å². The number of fused-ring (bicyclic) bond motifs is 3. The monoisotopic (exact) mass is 435 g/mol. The van der Waals surface area contributed by atoms with E-state index >= 15 is 0 Å². The highest BCUT2D eigenvalue weighted by molar-refractivity contribution is 5.82. The number of methoxy groups -OCH3 is 1. The minimum atomic E-state index is -0.944. The Morgan fingerprint density at radius 1 is 1.03 bits per heavy atom. The van der Waals surface area contributed by atoms with Crippen LogP contribution in [0.2, 0.25) is 0 Å². The van der Waals surface area contributed by atoms with Crippen LogP contribution in [0, 0.1) is 12.7 Å². The summed E-state index contributed by atoms with van der Waals surface area (Å²) in [6.45, 7) is 1.79. The van der Waals surface area contributed by atoms with Crippen LogP contribution >= 0.6 is 0 Å². The average Bonchev–Trinajstić information content (AvgIpc) is 3.13. The van der Waals surface area contributed by atoms with E-state index in [4.69, 9.17) is 9.47 Å². The van der Waals surface area contributed by atoms with Gasteiger partial charge in [0.05, 0.1) is 7.11 Å². The second kappa shape index (κ2) is 9.22. The number of nitrogens with one attached hydrogen (secondary N) is 1. The Bertz CT molecular complexity index is 1120. The third-order valence-corrected chi connectivity index (χ3v) is 5.78. The number of hydrogen-bond acceptors (Lipinski definition) is 4. The number of carbonyl (C=O) groups is 2. The van der Waals surface area contributed by atoms with Crippen molar-refractivity contribution in [1.82, 2.24) is 5.32 Å². The quantitative estimate of drug-likeness (QED) is 0.553. The molecule has 32 heavy (non-hydrogen) atoms. The van der Waals surface area contributed by atoms with E-state index in [9.17, 15) is 14.0 Å². The van der Waals surface area contributed by atoms with E-state index in [1.54, 1.807) is 19.1 Å². The third kappa shape index (κ3) is 4.35. The number of amides is 1. The molecule has 3 aromatic carbocycles. The summed E-state index contributed by atoms with van der Waals surface area (Å²) in [4.78, 5) is 24.8. The van der Waals surface area contributed by atoms with Crippen LogP contribution in [0.15, 0.2) is 66.7 Å². The van der Waals surface area contributed by atoms with Crippen molar-refractivity contribution in [2.75, 3.05) is 13.7 Å². The van der Waals surface area contributed by atoms with Crippen molar-refractivity contribution in [2.24, 2.45) is 0 Å². The Morgan fingerprint density at radius 2 is 1.66 bits per heavy atom. The first-order valence-corrected chi connectivity index (χ1v) is 10.4. The Hall–Kier alpha value is -3.67. The summed E-state index contributed by atoms with van der Waals surface area (Å²) in [5.74, 6) is -1.00. The zero-order chi connectivity index (χ0) is 22.7. The van der Waals surface area contributed by atoms with Gasteiger partial charge in [-0.2, -0.15) is 0 Å². The Balaban J connectivity index is 0.00000306. The molecule has 0 saturated carbocycles. The van der Waals surface area contributed by atoms with Crippen LogP contribution in [0.25, 0.3) is 11.1 Å². The van der Waals surface area contributed by atoms with Crippen molar-refractivity contribution in [3.05, 3.63) is 94.8 Å². The van der Waals surface area contributed by atoms with E-state index in [1.165, 1.54) is 13.2 Å². The van der Waals surface area contributed by atoms with Crippen molar-refractivity contribution in [2.45, 2.75) is 25.3 Å². The van der Waals surface area contributed by atoms with Gasteiger partial charge in [-0.1, -0.05) is 60.7 Å². The second-order valence-electron chi connectivity index (χ2n) is 7.83. The molecule has 3 aromatic rings. The molecule has 1 atom stereocenters. The molecule has 4 rings (SSSR count). The minimum Gasteiger partial charge on any atom is -0.467 e. The number of aryl methyl sites for hydroxylation is 1. The van der Waals surface area contributed by atoms with E-state index in [-0.39, 0.29) is 26.2 Å². The van der Waals surface area contributed by atoms with E-state index in [2.05, 4.69) is 17.4 Å². The molecule has 1 aliphatic carbocycles. The average molecular weight is 435 g/mol. The lowest BCUT2D eigenvalue weighted by Crippen LogP contribution is -2.43. The van der Waals surface area contributed by atoms with Gasteiger partial charge in [0, 0.05) is 13.8 Å². The Kier molecular flexibility index (Phi) is 6.21. The van der Waals surface area contributed by atoms with Gasteiger partial charge in [0.2, 0.25) is 0 Å². The van der Waals surface area contributed by atoms with Crippen molar-refractivity contribution in [1.29, 1.82) is 0 Å². The lowest BCUT2D eigenvalue weighted by atomic mass is 9.98. The normalized spacial score (nSPS) is 13.1. The lowest BCUT2D eigenvalue weighted by molar-refractivity contribution is -0.143. The van der Waals surface area contributed by atoms with E-state index in [1.807, 2.05) is 36.4 Å². The fraction of sp³-hybridized carbons (Fsp3) is 0.231. The molecule has 0 fully saturated rings. The van der Waals surface area contributed by atoms with Gasteiger partial charge >= 0.3 is 12.1 Å². The molecule has 166 valence electrons. The fourth-order valence-electron chi connectivity index (χ4n) is 4.19. The van der Waals surface area contributed by atoms with Gasteiger partial charge in [-0.25, -0.2) is 14.0 Å². The fourth-order valence-corrected chi connectivity index (χ4v) is 4.19. The largest absolute Gasteiger partial charge is 0.467 e. The maximum absolute atomic E-state index is 13.5. The molecule has 1 amide bonds. The zero-order valence-corrected chi connectivity index (χ0v) is 17.9. The molecule has 0 saturated heterocycles. The van der Waals surface area contributed by atoms with E-state index in [0.29, 0.717) is 11.1 Å². The predicted molar refractivity (Wildman–Crippen MR) is 121 cm³/mol. The first-order chi connectivity index (χ1) is 15.5.